The van der Waals surface area contributed by atoms with Crippen molar-refractivity contribution in [3.63, 3.8) is 0 Å². The fourth-order valence-electron chi connectivity index (χ4n) is 4.02. The van der Waals surface area contributed by atoms with Crippen LogP contribution in [0.5, 0.6) is 0 Å². The van der Waals surface area contributed by atoms with Crippen molar-refractivity contribution < 1.29 is 12.8 Å². The number of halogens is 1. The van der Waals surface area contributed by atoms with Gasteiger partial charge in [-0.2, -0.15) is 0 Å². The molecule has 1 saturated heterocycles. The summed E-state index contributed by atoms with van der Waals surface area (Å²) in [5, 5.41) is 2.08. The quantitative estimate of drug-likeness (QED) is 0.534. The number of sulfonamides is 1. The fraction of sp³-hybridized carbons (Fsp3) is 0.304. The van der Waals surface area contributed by atoms with Gasteiger partial charge in [-0.15, -0.1) is 11.3 Å². The van der Waals surface area contributed by atoms with E-state index >= 15 is 0 Å². The van der Waals surface area contributed by atoms with Gasteiger partial charge in [0.15, 0.2) is 0 Å². The lowest BCUT2D eigenvalue weighted by molar-refractivity contribution is 0.208. The zero-order valence-corrected chi connectivity index (χ0v) is 18.5. The molecule has 0 aliphatic carbocycles. The van der Waals surface area contributed by atoms with Crippen molar-refractivity contribution in [2.45, 2.75) is 37.2 Å². The van der Waals surface area contributed by atoms with Gasteiger partial charge in [0.1, 0.15) is 5.82 Å². The largest absolute Gasteiger partial charge is 0.298 e. The molecule has 2 aromatic carbocycles. The topological polar surface area (TPSA) is 40.6 Å². The van der Waals surface area contributed by atoms with E-state index in [4.69, 9.17) is 0 Å². The molecule has 0 bridgehead atoms. The summed E-state index contributed by atoms with van der Waals surface area (Å²) in [5.74, 6) is -0.377. The zero-order valence-electron chi connectivity index (χ0n) is 16.9. The van der Waals surface area contributed by atoms with Crippen LogP contribution in [0.1, 0.15) is 23.3 Å². The van der Waals surface area contributed by atoms with Crippen LogP contribution < -0.4 is 4.31 Å². The molecular weight excluding hydrogens is 419 g/mol. The normalized spacial score (nSPS) is 15.9. The van der Waals surface area contributed by atoms with E-state index in [1.165, 1.54) is 21.3 Å². The van der Waals surface area contributed by atoms with E-state index in [-0.39, 0.29) is 11.9 Å². The fourth-order valence-corrected chi connectivity index (χ4v) is 6.71. The first kappa shape index (κ1) is 21.0. The minimum absolute atomic E-state index is 0.167. The van der Waals surface area contributed by atoms with Crippen molar-refractivity contribution in [3.05, 3.63) is 82.3 Å². The summed E-state index contributed by atoms with van der Waals surface area (Å²) in [5.41, 5.74) is 1.22. The molecule has 2 heterocycles. The monoisotopic (exact) mass is 444 g/mol. The van der Waals surface area contributed by atoms with E-state index in [0.717, 1.165) is 32.5 Å². The Morgan fingerprint density at radius 1 is 1.03 bits per heavy atom. The highest BCUT2D eigenvalue weighted by Gasteiger charge is 2.34. The molecule has 1 aromatic heterocycles. The first-order valence-electron chi connectivity index (χ1n) is 10.1. The highest BCUT2D eigenvalue weighted by molar-refractivity contribution is 7.93. The van der Waals surface area contributed by atoms with E-state index in [1.807, 2.05) is 6.07 Å². The number of anilines is 1. The third-order valence-electron chi connectivity index (χ3n) is 5.56. The summed E-state index contributed by atoms with van der Waals surface area (Å²) < 4.78 is 42.4. The van der Waals surface area contributed by atoms with Gasteiger partial charge in [-0.05, 0) is 67.1 Å². The van der Waals surface area contributed by atoms with Crippen LogP contribution in [0.25, 0.3) is 0 Å². The van der Waals surface area contributed by atoms with Gasteiger partial charge < -0.3 is 0 Å². The molecule has 1 aliphatic rings. The SMILES string of the molecule is Cc1ccccc1S(=O)(=O)N(c1ccc(F)cc1)C1CCN(Cc2cccs2)CC1. The number of benzene rings is 2. The summed E-state index contributed by atoms with van der Waals surface area (Å²) >= 11 is 1.74. The van der Waals surface area contributed by atoms with Crippen molar-refractivity contribution in [2.24, 2.45) is 0 Å². The molecule has 0 radical (unpaired) electrons. The lowest BCUT2D eigenvalue weighted by Crippen LogP contribution is -2.47. The van der Waals surface area contributed by atoms with Gasteiger partial charge in [0.25, 0.3) is 10.0 Å². The molecule has 1 fully saturated rings. The lowest BCUT2D eigenvalue weighted by Gasteiger charge is -2.39. The number of piperidine rings is 1. The number of aryl methyl sites for hydroxylation is 1. The molecule has 7 heteroatoms. The number of likely N-dealkylation sites (tertiary alicyclic amines) is 1. The average molecular weight is 445 g/mol. The second kappa shape index (κ2) is 8.88. The summed E-state index contributed by atoms with van der Waals surface area (Å²) in [6.45, 7) is 4.35. The van der Waals surface area contributed by atoms with Crippen LogP contribution in [-0.4, -0.2) is 32.4 Å². The van der Waals surface area contributed by atoms with E-state index in [9.17, 15) is 12.8 Å². The van der Waals surface area contributed by atoms with Gasteiger partial charge >= 0.3 is 0 Å². The number of thiophene rings is 1. The molecule has 0 saturated carbocycles. The van der Waals surface area contributed by atoms with Gasteiger partial charge in [-0.1, -0.05) is 24.3 Å². The van der Waals surface area contributed by atoms with Crippen molar-refractivity contribution in [2.75, 3.05) is 17.4 Å². The van der Waals surface area contributed by atoms with E-state index in [0.29, 0.717) is 16.1 Å². The third-order valence-corrected chi connectivity index (χ3v) is 8.46. The van der Waals surface area contributed by atoms with Crippen LogP contribution in [0, 0.1) is 12.7 Å². The average Bonchev–Trinajstić information content (AvgIpc) is 3.24. The van der Waals surface area contributed by atoms with E-state index in [1.54, 1.807) is 48.6 Å². The highest BCUT2D eigenvalue weighted by Crippen LogP contribution is 2.32. The lowest BCUT2D eigenvalue weighted by atomic mass is 10.0. The van der Waals surface area contributed by atoms with Crippen molar-refractivity contribution in [1.82, 2.24) is 4.90 Å². The summed E-state index contributed by atoms with van der Waals surface area (Å²) in [7, 11) is -3.77. The second-order valence-electron chi connectivity index (χ2n) is 7.63. The maximum absolute atomic E-state index is 13.7. The van der Waals surface area contributed by atoms with Crippen LogP contribution in [-0.2, 0) is 16.6 Å². The number of hydrogen-bond donors (Lipinski definition) is 0. The molecule has 0 amide bonds. The third kappa shape index (κ3) is 4.43. The minimum atomic E-state index is -3.77. The smallest absolute Gasteiger partial charge is 0.264 e. The molecular formula is C23H25FN2O2S2. The van der Waals surface area contributed by atoms with Crippen molar-refractivity contribution in [1.29, 1.82) is 0 Å². The number of hydrogen-bond acceptors (Lipinski definition) is 4. The van der Waals surface area contributed by atoms with Gasteiger partial charge in [0.05, 0.1) is 10.6 Å². The molecule has 4 rings (SSSR count). The minimum Gasteiger partial charge on any atom is -0.298 e. The van der Waals surface area contributed by atoms with Crippen LogP contribution >= 0.6 is 11.3 Å². The maximum atomic E-state index is 13.7. The maximum Gasteiger partial charge on any atom is 0.264 e. The highest BCUT2D eigenvalue weighted by atomic mass is 32.2. The van der Waals surface area contributed by atoms with Crippen molar-refractivity contribution >= 4 is 27.0 Å². The Kier molecular flexibility index (Phi) is 6.22. The predicted octanol–water partition coefficient (Wildman–Crippen LogP) is 5.06. The standard InChI is InChI=1S/C23H25FN2O2S2/c1-18-5-2-3-7-23(18)30(27,28)26(20-10-8-19(24)9-11-20)21-12-14-25(15-13-21)17-22-6-4-16-29-22/h2-11,16,21H,12-15,17H2,1H3. The Labute approximate surface area is 181 Å². The molecule has 0 spiro atoms. The summed E-state index contributed by atoms with van der Waals surface area (Å²) in [6.07, 6.45) is 1.46. The molecule has 0 atom stereocenters. The Balaban J connectivity index is 1.62. The van der Waals surface area contributed by atoms with Gasteiger partial charge in [-0.3, -0.25) is 9.21 Å². The Bertz CT molecular complexity index is 1070. The van der Waals surface area contributed by atoms with Gasteiger partial charge in [0.2, 0.25) is 0 Å². The van der Waals surface area contributed by atoms with Crippen LogP contribution in [0.4, 0.5) is 10.1 Å². The summed E-state index contributed by atoms with van der Waals surface area (Å²) in [6, 6.07) is 16.8. The van der Waals surface area contributed by atoms with Crippen LogP contribution in [0.2, 0.25) is 0 Å². The molecule has 30 heavy (non-hydrogen) atoms. The molecule has 0 unspecified atom stereocenters. The Hall–Kier alpha value is -2.22. The zero-order chi connectivity index (χ0) is 21.1. The van der Waals surface area contributed by atoms with Crippen LogP contribution in [0.3, 0.4) is 0 Å². The van der Waals surface area contributed by atoms with E-state index in [2.05, 4.69) is 22.4 Å². The first-order valence-corrected chi connectivity index (χ1v) is 12.4. The Morgan fingerprint density at radius 2 is 1.73 bits per heavy atom. The van der Waals surface area contributed by atoms with Crippen LogP contribution in [0.15, 0.2) is 70.9 Å². The molecule has 1 aliphatic heterocycles. The molecule has 158 valence electrons. The van der Waals surface area contributed by atoms with E-state index < -0.39 is 10.0 Å². The molecule has 4 nitrogen and oxygen atoms in total. The van der Waals surface area contributed by atoms with Gasteiger partial charge in [-0.25, -0.2) is 12.8 Å². The molecule has 0 N–H and O–H groups in total. The summed E-state index contributed by atoms with van der Waals surface area (Å²) in [4.78, 5) is 3.98. The first-order chi connectivity index (χ1) is 14.4. The second-order valence-corrected chi connectivity index (χ2v) is 10.4. The van der Waals surface area contributed by atoms with Gasteiger partial charge in [0, 0.05) is 30.6 Å². The molecule has 3 aromatic rings. The number of nitrogens with zero attached hydrogens (tertiary/aromatic N) is 2. The number of rotatable bonds is 6. The Morgan fingerprint density at radius 3 is 2.37 bits per heavy atom. The van der Waals surface area contributed by atoms with Crippen molar-refractivity contribution in [3.8, 4) is 0 Å². The predicted molar refractivity (Wildman–Crippen MR) is 120 cm³/mol.